The fraction of sp³-hybridized carbons (Fsp3) is 0.296. The van der Waals surface area contributed by atoms with Crippen LogP contribution >= 0.6 is 11.6 Å². The second-order valence-corrected chi connectivity index (χ2v) is 9.67. The number of carbonyl (C=O) groups excluding carboxylic acids is 1. The van der Waals surface area contributed by atoms with Crippen LogP contribution in [0.3, 0.4) is 0 Å². The molecule has 2 heterocycles. The van der Waals surface area contributed by atoms with Gasteiger partial charge >= 0.3 is 6.03 Å². The molecule has 1 N–H and O–H groups in total. The van der Waals surface area contributed by atoms with Crippen LogP contribution in [0.15, 0.2) is 66.7 Å². The van der Waals surface area contributed by atoms with Crippen molar-refractivity contribution < 1.29 is 9.18 Å². The van der Waals surface area contributed by atoms with E-state index in [2.05, 4.69) is 41.4 Å². The third kappa shape index (κ3) is 4.48. The molecule has 33 heavy (non-hydrogen) atoms. The molecule has 4 nitrogen and oxygen atoms in total. The molecule has 1 saturated heterocycles. The first kappa shape index (κ1) is 21.9. The predicted molar refractivity (Wildman–Crippen MR) is 132 cm³/mol. The Kier molecular flexibility index (Phi) is 5.85. The van der Waals surface area contributed by atoms with Gasteiger partial charge in [-0.25, -0.2) is 9.18 Å². The first-order valence-electron chi connectivity index (χ1n) is 11.3. The van der Waals surface area contributed by atoms with Gasteiger partial charge in [0.05, 0.1) is 0 Å². The molecule has 0 aliphatic carbocycles. The van der Waals surface area contributed by atoms with Gasteiger partial charge in [0.1, 0.15) is 5.82 Å². The van der Waals surface area contributed by atoms with Crippen molar-refractivity contribution in [2.45, 2.75) is 31.7 Å². The van der Waals surface area contributed by atoms with Crippen molar-refractivity contribution in [3.05, 3.63) is 94.3 Å². The molecule has 170 valence electrons. The molecule has 2 aliphatic heterocycles. The van der Waals surface area contributed by atoms with Crippen molar-refractivity contribution >= 4 is 29.0 Å². The van der Waals surface area contributed by atoms with Gasteiger partial charge in [0.2, 0.25) is 0 Å². The Bertz CT molecular complexity index is 1170. The Morgan fingerprint density at radius 2 is 1.82 bits per heavy atom. The van der Waals surface area contributed by atoms with Gasteiger partial charge in [-0.15, -0.1) is 0 Å². The Morgan fingerprint density at radius 1 is 1.06 bits per heavy atom. The van der Waals surface area contributed by atoms with Crippen LogP contribution in [0.2, 0.25) is 5.02 Å². The van der Waals surface area contributed by atoms with Gasteiger partial charge in [-0.3, -0.25) is 9.80 Å². The smallest absolute Gasteiger partial charge is 0.308 e. The molecule has 1 fully saturated rings. The number of anilines is 2. The number of carbonyl (C=O) groups is 1. The molecule has 0 atom stereocenters. The van der Waals surface area contributed by atoms with Crippen molar-refractivity contribution in [3.63, 3.8) is 0 Å². The number of likely N-dealkylation sites (tertiary alicyclic amines) is 1. The van der Waals surface area contributed by atoms with Crippen LogP contribution in [-0.2, 0) is 12.0 Å². The highest BCUT2D eigenvalue weighted by Crippen LogP contribution is 2.47. The quantitative estimate of drug-likeness (QED) is 0.489. The summed E-state index contributed by atoms with van der Waals surface area (Å²) in [6.45, 7) is 5.57. The summed E-state index contributed by atoms with van der Waals surface area (Å²) in [5, 5.41) is 3.70. The number of benzene rings is 3. The summed E-state index contributed by atoms with van der Waals surface area (Å²) in [5.41, 5.74) is 5.21. The Hall–Kier alpha value is -2.89. The maximum atomic E-state index is 13.3. The summed E-state index contributed by atoms with van der Waals surface area (Å²) in [4.78, 5) is 17.5. The number of hydrogen-bond acceptors (Lipinski definition) is 2. The van der Waals surface area contributed by atoms with Gasteiger partial charge in [0.15, 0.2) is 0 Å². The maximum absolute atomic E-state index is 13.3. The fourth-order valence-electron chi connectivity index (χ4n) is 5.15. The van der Waals surface area contributed by atoms with Crippen molar-refractivity contribution in [3.8, 4) is 0 Å². The third-order valence-corrected chi connectivity index (χ3v) is 7.16. The summed E-state index contributed by atoms with van der Waals surface area (Å²) in [6, 6.07) is 20.1. The van der Waals surface area contributed by atoms with E-state index < -0.39 is 0 Å². The molecule has 2 aliphatic rings. The highest BCUT2D eigenvalue weighted by molar-refractivity contribution is 6.30. The Labute approximate surface area is 199 Å². The number of amides is 2. The number of nitrogens with one attached hydrogen (secondary N) is 1. The average molecular weight is 464 g/mol. The van der Waals surface area contributed by atoms with Gasteiger partial charge in [-0.2, -0.15) is 0 Å². The van der Waals surface area contributed by atoms with E-state index in [9.17, 15) is 9.18 Å². The van der Waals surface area contributed by atoms with Crippen LogP contribution in [0.25, 0.3) is 0 Å². The molecule has 0 aromatic heterocycles. The molecule has 0 radical (unpaired) electrons. The number of hydrogen-bond donors (Lipinski definition) is 1. The lowest BCUT2D eigenvalue weighted by molar-refractivity contribution is 0.160. The highest BCUT2D eigenvalue weighted by Gasteiger charge is 2.46. The predicted octanol–water partition coefficient (Wildman–Crippen LogP) is 6.37. The summed E-state index contributed by atoms with van der Waals surface area (Å²) in [5.74, 6) is -0.321. The van der Waals surface area contributed by atoms with E-state index in [-0.39, 0.29) is 17.3 Å². The number of nitrogens with zero attached hydrogens (tertiary/aromatic N) is 2. The Morgan fingerprint density at radius 3 is 2.55 bits per heavy atom. The normalized spacial score (nSPS) is 17.2. The molecule has 6 heteroatoms. The summed E-state index contributed by atoms with van der Waals surface area (Å²) in [6.07, 6.45) is 1.98. The van der Waals surface area contributed by atoms with E-state index in [4.69, 9.17) is 11.6 Å². The average Bonchev–Trinajstić information content (AvgIpc) is 3.10. The minimum absolute atomic E-state index is 0.0493. The maximum Gasteiger partial charge on any atom is 0.326 e. The Balaban J connectivity index is 1.34. The van der Waals surface area contributed by atoms with Crippen LogP contribution < -0.4 is 10.2 Å². The van der Waals surface area contributed by atoms with Gasteiger partial charge in [0, 0.05) is 34.9 Å². The molecule has 3 aromatic rings. The van der Waals surface area contributed by atoms with E-state index >= 15 is 0 Å². The van der Waals surface area contributed by atoms with E-state index in [1.54, 1.807) is 12.1 Å². The second-order valence-electron chi connectivity index (χ2n) is 9.23. The molecular weight excluding hydrogens is 437 g/mol. The van der Waals surface area contributed by atoms with Crippen LogP contribution in [0.1, 0.15) is 29.5 Å². The van der Waals surface area contributed by atoms with E-state index in [0.29, 0.717) is 12.2 Å². The number of piperidine rings is 1. The highest BCUT2D eigenvalue weighted by atomic mass is 35.5. The molecule has 0 unspecified atom stereocenters. The van der Waals surface area contributed by atoms with Crippen molar-refractivity contribution in [1.29, 1.82) is 0 Å². The lowest BCUT2D eigenvalue weighted by atomic mass is 9.74. The number of urea groups is 1. The SMILES string of the molecule is Cc1ccc2c(c1)C1(CCN(Cc3cccc(Cl)c3)CC1)CN2C(=O)Nc1ccc(F)cc1. The number of halogens is 2. The minimum atomic E-state index is -0.321. The van der Waals surface area contributed by atoms with E-state index in [1.807, 2.05) is 23.1 Å². The van der Waals surface area contributed by atoms with Crippen LogP contribution in [0.5, 0.6) is 0 Å². The monoisotopic (exact) mass is 463 g/mol. The lowest BCUT2D eigenvalue weighted by Gasteiger charge is -2.40. The molecule has 0 bridgehead atoms. The third-order valence-electron chi connectivity index (χ3n) is 6.92. The molecule has 0 saturated carbocycles. The van der Waals surface area contributed by atoms with Crippen molar-refractivity contribution in [2.24, 2.45) is 0 Å². The fourth-order valence-corrected chi connectivity index (χ4v) is 5.36. The van der Waals surface area contributed by atoms with Crippen molar-refractivity contribution in [2.75, 3.05) is 29.9 Å². The lowest BCUT2D eigenvalue weighted by Crippen LogP contribution is -2.46. The summed E-state index contributed by atoms with van der Waals surface area (Å²) in [7, 11) is 0. The van der Waals surface area contributed by atoms with Crippen LogP contribution in [-0.4, -0.2) is 30.6 Å². The topological polar surface area (TPSA) is 35.6 Å². The second kappa shape index (κ2) is 8.81. The summed E-state index contributed by atoms with van der Waals surface area (Å²) < 4.78 is 13.3. The zero-order chi connectivity index (χ0) is 23.0. The molecule has 5 rings (SSSR count). The van der Waals surface area contributed by atoms with Gasteiger partial charge in [0.25, 0.3) is 0 Å². The van der Waals surface area contributed by atoms with Crippen molar-refractivity contribution in [1.82, 2.24) is 4.90 Å². The van der Waals surface area contributed by atoms with Crippen LogP contribution in [0.4, 0.5) is 20.6 Å². The van der Waals surface area contributed by atoms with Crippen LogP contribution in [0, 0.1) is 12.7 Å². The molecule has 2 amide bonds. The number of fused-ring (bicyclic) bond motifs is 2. The first-order valence-corrected chi connectivity index (χ1v) is 11.7. The van der Waals surface area contributed by atoms with Gasteiger partial charge < -0.3 is 5.32 Å². The zero-order valence-corrected chi connectivity index (χ0v) is 19.4. The minimum Gasteiger partial charge on any atom is -0.308 e. The molecule has 1 spiro atoms. The largest absolute Gasteiger partial charge is 0.326 e. The van der Waals surface area contributed by atoms with E-state index in [1.165, 1.54) is 28.8 Å². The standard InChI is InChI=1S/C27H27ClFN3O/c1-19-5-10-25-24(15-19)27(18-32(25)26(33)30-23-8-6-22(29)7-9-23)11-13-31(14-12-27)17-20-3-2-4-21(28)16-20/h2-10,15-16H,11-14,17-18H2,1H3,(H,30,33). The number of rotatable bonds is 3. The van der Waals surface area contributed by atoms with Gasteiger partial charge in [-0.1, -0.05) is 41.4 Å². The van der Waals surface area contributed by atoms with Gasteiger partial charge in [-0.05, 0) is 86.4 Å². The first-order chi connectivity index (χ1) is 15.9. The molecule has 3 aromatic carbocycles. The van der Waals surface area contributed by atoms with E-state index in [0.717, 1.165) is 43.2 Å². The molecular formula is C27H27ClFN3O. The number of aryl methyl sites for hydroxylation is 1. The summed E-state index contributed by atoms with van der Waals surface area (Å²) >= 11 is 6.16. The zero-order valence-electron chi connectivity index (χ0n) is 18.7.